The molecule has 36 heavy (non-hydrogen) atoms. The number of anilines is 2. The van der Waals surface area contributed by atoms with Gasteiger partial charge in [0.15, 0.2) is 11.2 Å². The third-order valence-electron chi connectivity index (χ3n) is 5.78. The van der Waals surface area contributed by atoms with Crippen LogP contribution in [0.4, 0.5) is 11.6 Å². The number of likely N-dealkylation sites (N-methyl/N-ethyl adjacent to an activating group) is 1. The second-order valence-corrected chi connectivity index (χ2v) is 8.02. The highest BCUT2D eigenvalue weighted by Gasteiger charge is 2.13. The zero-order valence-electron chi connectivity index (χ0n) is 20.5. The van der Waals surface area contributed by atoms with Gasteiger partial charge in [0.1, 0.15) is 0 Å². The van der Waals surface area contributed by atoms with Crippen molar-refractivity contribution in [3.63, 3.8) is 0 Å². The molecule has 2 aromatic carbocycles. The van der Waals surface area contributed by atoms with E-state index in [1.54, 1.807) is 60.4 Å². The lowest BCUT2D eigenvalue weighted by Gasteiger charge is -2.17. The molecule has 0 atom stereocenters. The van der Waals surface area contributed by atoms with Crippen molar-refractivity contribution >= 4 is 34.6 Å². The number of hydrogen-bond acceptors (Lipinski definition) is 8. The summed E-state index contributed by atoms with van der Waals surface area (Å²) < 4.78 is 1.56. The summed E-state index contributed by atoms with van der Waals surface area (Å²) in [4.78, 5) is 35.6. The van der Waals surface area contributed by atoms with Gasteiger partial charge in [-0.15, -0.1) is 5.10 Å². The van der Waals surface area contributed by atoms with E-state index in [2.05, 4.69) is 55.0 Å². The zero-order valence-corrected chi connectivity index (χ0v) is 20.5. The topological polar surface area (TPSA) is 130 Å². The van der Waals surface area contributed by atoms with Gasteiger partial charge >= 0.3 is 0 Å². The van der Waals surface area contributed by atoms with Gasteiger partial charge in [0.25, 0.3) is 11.8 Å². The molecule has 0 saturated carbocycles. The normalized spacial score (nSPS) is 11.0. The van der Waals surface area contributed by atoms with Gasteiger partial charge in [-0.3, -0.25) is 9.59 Å². The van der Waals surface area contributed by atoms with Crippen LogP contribution in [-0.2, 0) is 0 Å². The minimum absolute atomic E-state index is 0.111. The van der Waals surface area contributed by atoms with Crippen LogP contribution < -0.4 is 16.0 Å². The van der Waals surface area contributed by atoms with E-state index in [0.717, 1.165) is 25.3 Å². The number of carbonyl (C=O) groups is 2. The zero-order chi connectivity index (χ0) is 25.5. The maximum Gasteiger partial charge on any atom is 0.251 e. The lowest BCUT2D eigenvalue weighted by molar-refractivity contribution is 0.0945. The maximum atomic E-state index is 12.4. The molecular weight excluding hydrogens is 458 g/mol. The van der Waals surface area contributed by atoms with Crippen molar-refractivity contribution in [3.05, 3.63) is 65.9 Å². The van der Waals surface area contributed by atoms with Crippen LogP contribution in [0.2, 0.25) is 0 Å². The predicted octanol–water partition coefficient (Wildman–Crippen LogP) is 2.39. The Morgan fingerprint density at radius 3 is 2.50 bits per heavy atom. The fourth-order valence-corrected chi connectivity index (χ4v) is 3.69. The quantitative estimate of drug-likeness (QED) is 0.311. The molecular formula is C25H29N9O2. The summed E-state index contributed by atoms with van der Waals surface area (Å²) in [5.74, 6) is 0.0459. The molecule has 4 aromatic rings. The molecule has 0 bridgehead atoms. The highest BCUT2D eigenvalue weighted by atomic mass is 16.2. The van der Waals surface area contributed by atoms with Crippen molar-refractivity contribution in [2.45, 2.75) is 13.8 Å². The first-order chi connectivity index (χ1) is 17.5. The molecule has 4 rings (SSSR count). The molecule has 0 aliphatic rings. The number of benzene rings is 2. The number of fused-ring (bicyclic) bond motifs is 1. The molecule has 2 amide bonds. The van der Waals surface area contributed by atoms with Gasteiger partial charge in [-0.1, -0.05) is 25.1 Å². The highest BCUT2D eigenvalue weighted by Crippen LogP contribution is 2.19. The maximum absolute atomic E-state index is 12.4. The van der Waals surface area contributed by atoms with Gasteiger partial charge in [-0.05, 0) is 55.6 Å². The highest BCUT2D eigenvalue weighted by molar-refractivity contribution is 5.95. The Kier molecular flexibility index (Phi) is 7.81. The summed E-state index contributed by atoms with van der Waals surface area (Å²) >= 11 is 0. The Bertz CT molecular complexity index is 1350. The molecule has 0 saturated heterocycles. The first-order valence-electron chi connectivity index (χ1n) is 11.8. The second-order valence-electron chi connectivity index (χ2n) is 8.02. The van der Waals surface area contributed by atoms with Crippen LogP contribution in [-0.4, -0.2) is 74.9 Å². The van der Waals surface area contributed by atoms with E-state index in [9.17, 15) is 9.59 Å². The fourth-order valence-electron chi connectivity index (χ4n) is 3.69. The van der Waals surface area contributed by atoms with Crippen molar-refractivity contribution in [1.29, 1.82) is 0 Å². The average Bonchev–Trinajstić information content (AvgIpc) is 3.34. The number of nitrogens with one attached hydrogen (secondary N) is 3. The predicted molar refractivity (Wildman–Crippen MR) is 138 cm³/mol. The Morgan fingerprint density at radius 1 is 1.00 bits per heavy atom. The van der Waals surface area contributed by atoms with E-state index in [1.165, 1.54) is 0 Å². The molecule has 0 aliphatic carbocycles. The lowest BCUT2D eigenvalue weighted by atomic mass is 10.2. The fraction of sp³-hybridized carbons (Fsp3) is 0.280. The lowest BCUT2D eigenvalue weighted by Crippen LogP contribution is -2.34. The van der Waals surface area contributed by atoms with Crippen LogP contribution >= 0.6 is 0 Å². The Hall–Kier alpha value is -4.38. The van der Waals surface area contributed by atoms with Gasteiger partial charge in [0, 0.05) is 37.0 Å². The monoisotopic (exact) mass is 487 g/mol. The SMILES string of the molecule is CCN(CC)CCNC(=O)c1ccc(Nc2ncc3nnn(-c4cccc(C(=O)NC)c4)c3n2)cc1. The molecule has 0 radical (unpaired) electrons. The molecule has 11 nitrogen and oxygen atoms in total. The van der Waals surface area contributed by atoms with E-state index >= 15 is 0 Å². The standard InChI is InChI=1S/C25H29N9O2/c1-4-33(5-2)14-13-27-24(36)17-9-11-19(12-10-17)29-25-28-16-21-22(30-25)34(32-31-21)20-8-6-7-18(15-20)23(35)26-3/h6-12,15-16H,4-5,13-14H2,1-3H3,(H,26,35)(H,27,36)(H,28,29,30). The van der Waals surface area contributed by atoms with E-state index in [-0.39, 0.29) is 11.8 Å². The first kappa shape index (κ1) is 24.7. The van der Waals surface area contributed by atoms with Crippen LogP contribution in [0.5, 0.6) is 0 Å². The number of rotatable bonds is 10. The largest absolute Gasteiger partial charge is 0.355 e. The van der Waals surface area contributed by atoms with Crippen LogP contribution in [0.15, 0.2) is 54.7 Å². The van der Waals surface area contributed by atoms with E-state index in [4.69, 9.17) is 0 Å². The third-order valence-corrected chi connectivity index (χ3v) is 5.78. The molecule has 0 aliphatic heterocycles. The van der Waals surface area contributed by atoms with E-state index in [1.807, 2.05) is 6.07 Å². The van der Waals surface area contributed by atoms with Gasteiger partial charge in [-0.2, -0.15) is 9.67 Å². The van der Waals surface area contributed by atoms with Gasteiger partial charge in [-0.25, -0.2) is 4.98 Å². The summed E-state index contributed by atoms with van der Waals surface area (Å²) in [5, 5.41) is 17.0. The molecule has 0 fully saturated rings. The summed E-state index contributed by atoms with van der Waals surface area (Å²) in [5.41, 5.74) is 3.47. The average molecular weight is 488 g/mol. The molecule has 11 heteroatoms. The number of hydrogen-bond donors (Lipinski definition) is 3. The van der Waals surface area contributed by atoms with Crippen LogP contribution in [0.25, 0.3) is 16.9 Å². The van der Waals surface area contributed by atoms with Crippen molar-refractivity contribution < 1.29 is 9.59 Å². The van der Waals surface area contributed by atoms with Crippen molar-refractivity contribution in [2.75, 3.05) is 38.5 Å². The van der Waals surface area contributed by atoms with Crippen LogP contribution in [0, 0.1) is 0 Å². The minimum atomic E-state index is -0.195. The minimum Gasteiger partial charge on any atom is -0.355 e. The Morgan fingerprint density at radius 2 is 1.78 bits per heavy atom. The van der Waals surface area contributed by atoms with Gasteiger partial charge in [0.05, 0.1) is 11.9 Å². The molecule has 2 heterocycles. The molecule has 3 N–H and O–H groups in total. The number of aromatic nitrogens is 5. The first-order valence-corrected chi connectivity index (χ1v) is 11.8. The molecule has 2 aromatic heterocycles. The Labute approximate surface area is 208 Å². The van der Waals surface area contributed by atoms with Crippen molar-refractivity contribution in [3.8, 4) is 5.69 Å². The molecule has 0 spiro atoms. The summed E-state index contributed by atoms with van der Waals surface area (Å²) in [7, 11) is 1.58. The number of carbonyl (C=O) groups excluding carboxylic acids is 2. The van der Waals surface area contributed by atoms with Crippen LogP contribution in [0.1, 0.15) is 34.6 Å². The van der Waals surface area contributed by atoms with E-state index < -0.39 is 0 Å². The summed E-state index contributed by atoms with van der Waals surface area (Å²) in [6.07, 6.45) is 1.58. The van der Waals surface area contributed by atoms with Gasteiger partial charge < -0.3 is 20.9 Å². The van der Waals surface area contributed by atoms with Crippen molar-refractivity contribution in [1.82, 2.24) is 40.5 Å². The third kappa shape index (κ3) is 5.63. The Balaban J connectivity index is 1.46. The summed E-state index contributed by atoms with van der Waals surface area (Å²) in [6.45, 7) is 7.54. The second kappa shape index (κ2) is 11.4. The smallest absolute Gasteiger partial charge is 0.251 e. The summed E-state index contributed by atoms with van der Waals surface area (Å²) in [6, 6.07) is 14.1. The van der Waals surface area contributed by atoms with E-state index in [0.29, 0.717) is 40.5 Å². The van der Waals surface area contributed by atoms with Gasteiger partial charge in [0.2, 0.25) is 5.95 Å². The number of amides is 2. The number of nitrogens with zero attached hydrogens (tertiary/aromatic N) is 6. The van der Waals surface area contributed by atoms with Crippen molar-refractivity contribution in [2.24, 2.45) is 0 Å². The van der Waals surface area contributed by atoms with Crippen LogP contribution in [0.3, 0.4) is 0 Å². The molecule has 186 valence electrons. The molecule has 0 unspecified atom stereocenters.